The summed E-state index contributed by atoms with van der Waals surface area (Å²) in [5.74, 6) is 0.140. The zero-order chi connectivity index (χ0) is 21.6. The molecule has 1 saturated heterocycles. The Labute approximate surface area is 175 Å². The first-order chi connectivity index (χ1) is 14.3. The first-order valence-corrected chi connectivity index (χ1v) is 10.9. The highest BCUT2D eigenvalue weighted by atomic mass is 19.4. The molecular weight excluding hydrogens is 398 g/mol. The number of anilines is 1. The van der Waals surface area contributed by atoms with Crippen LogP contribution in [-0.4, -0.2) is 56.3 Å². The smallest absolute Gasteiger partial charge is 0.367 e. The summed E-state index contributed by atoms with van der Waals surface area (Å²) in [7, 11) is 0. The van der Waals surface area contributed by atoms with Gasteiger partial charge < -0.3 is 10.2 Å². The molecule has 1 aliphatic heterocycles. The van der Waals surface area contributed by atoms with Crippen LogP contribution in [0.15, 0.2) is 24.3 Å². The molecule has 1 aliphatic carbocycles. The lowest BCUT2D eigenvalue weighted by Crippen LogP contribution is -2.47. The Hall–Kier alpha value is -1.83. The van der Waals surface area contributed by atoms with Gasteiger partial charge in [-0.2, -0.15) is 13.2 Å². The summed E-state index contributed by atoms with van der Waals surface area (Å²) in [6, 6.07) is 6.89. The van der Waals surface area contributed by atoms with E-state index in [0.717, 1.165) is 64.8 Å². The van der Waals surface area contributed by atoms with E-state index in [1.54, 1.807) is 6.07 Å². The van der Waals surface area contributed by atoms with Crippen molar-refractivity contribution in [3.63, 3.8) is 0 Å². The Bertz CT molecular complexity index is 681. The van der Waals surface area contributed by atoms with E-state index in [2.05, 4.69) is 9.80 Å². The Balaban J connectivity index is 1.30. The van der Waals surface area contributed by atoms with Crippen molar-refractivity contribution >= 4 is 11.6 Å². The van der Waals surface area contributed by atoms with Gasteiger partial charge in [0.05, 0.1) is 5.69 Å². The number of hydrogen-bond acceptors (Lipinski definition) is 3. The van der Waals surface area contributed by atoms with E-state index in [9.17, 15) is 22.4 Å². The lowest BCUT2D eigenvalue weighted by molar-refractivity contribution is -0.139. The SMILES string of the molecule is O=C(CC1CCC(CCN2CCN(c3ccccc3F)CC2)CC1)NCC(F)(F)F. The predicted octanol–water partition coefficient (Wildman–Crippen LogP) is 4.21. The number of rotatable bonds is 7. The minimum Gasteiger partial charge on any atom is -0.367 e. The molecule has 1 amide bonds. The van der Waals surface area contributed by atoms with Crippen molar-refractivity contribution in [3.8, 4) is 0 Å². The van der Waals surface area contributed by atoms with Crippen LogP contribution in [0, 0.1) is 17.7 Å². The second-order valence-electron chi connectivity index (χ2n) is 8.55. The Kier molecular flexibility index (Phi) is 7.97. The number of hydrogen-bond donors (Lipinski definition) is 1. The number of piperazine rings is 1. The van der Waals surface area contributed by atoms with E-state index in [1.165, 1.54) is 6.07 Å². The van der Waals surface area contributed by atoms with Crippen LogP contribution < -0.4 is 10.2 Å². The van der Waals surface area contributed by atoms with Crippen molar-refractivity contribution < 1.29 is 22.4 Å². The minimum absolute atomic E-state index is 0.171. The van der Waals surface area contributed by atoms with Crippen LogP contribution in [0.1, 0.15) is 38.5 Å². The molecule has 0 aromatic heterocycles. The highest BCUT2D eigenvalue weighted by Gasteiger charge is 2.29. The number of amides is 1. The van der Waals surface area contributed by atoms with E-state index in [1.807, 2.05) is 17.4 Å². The van der Waals surface area contributed by atoms with Crippen LogP contribution in [0.25, 0.3) is 0 Å². The lowest BCUT2D eigenvalue weighted by Gasteiger charge is -2.37. The topological polar surface area (TPSA) is 35.6 Å². The molecule has 0 unspecified atom stereocenters. The number of para-hydroxylation sites is 1. The number of halogens is 4. The van der Waals surface area contributed by atoms with Crippen LogP contribution >= 0.6 is 0 Å². The van der Waals surface area contributed by atoms with Gasteiger partial charge >= 0.3 is 6.18 Å². The van der Waals surface area contributed by atoms with Crippen molar-refractivity contribution in [1.29, 1.82) is 0 Å². The highest BCUT2D eigenvalue weighted by Crippen LogP contribution is 2.33. The molecule has 1 heterocycles. The largest absolute Gasteiger partial charge is 0.405 e. The highest BCUT2D eigenvalue weighted by molar-refractivity contribution is 5.76. The summed E-state index contributed by atoms with van der Waals surface area (Å²) in [5, 5.41) is 1.97. The summed E-state index contributed by atoms with van der Waals surface area (Å²) in [6.45, 7) is 3.26. The average molecular weight is 430 g/mol. The Morgan fingerprint density at radius 3 is 2.27 bits per heavy atom. The molecule has 2 fully saturated rings. The molecule has 0 radical (unpaired) electrons. The van der Waals surface area contributed by atoms with E-state index in [4.69, 9.17) is 0 Å². The monoisotopic (exact) mass is 429 g/mol. The van der Waals surface area contributed by atoms with E-state index >= 15 is 0 Å². The first-order valence-electron chi connectivity index (χ1n) is 10.9. The third-order valence-corrected chi connectivity index (χ3v) is 6.35. The number of benzene rings is 1. The molecule has 168 valence electrons. The van der Waals surface area contributed by atoms with Gasteiger partial charge in [0.2, 0.25) is 5.91 Å². The number of carbonyl (C=O) groups is 1. The van der Waals surface area contributed by atoms with Crippen molar-refractivity contribution in [1.82, 2.24) is 10.2 Å². The molecule has 1 saturated carbocycles. The molecule has 0 bridgehead atoms. The summed E-state index contributed by atoms with van der Waals surface area (Å²) >= 11 is 0. The van der Waals surface area contributed by atoms with Gasteiger partial charge in [0.25, 0.3) is 0 Å². The molecule has 2 aliphatic rings. The van der Waals surface area contributed by atoms with Crippen LogP contribution in [0.2, 0.25) is 0 Å². The van der Waals surface area contributed by atoms with Crippen molar-refractivity contribution in [2.24, 2.45) is 11.8 Å². The van der Waals surface area contributed by atoms with Crippen LogP contribution in [0.4, 0.5) is 23.2 Å². The number of carbonyl (C=O) groups excluding carboxylic acids is 1. The average Bonchev–Trinajstić information content (AvgIpc) is 2.72. The van der Waals surface area contributed by atoms with E-state index in [-0.39, 0.29) is 18.2 Å². The molecule has 0 spiro atoms. The second kappa shape index (κ2) is 10.5. The molecule has 30 heavy (non-hydrogen) atoms. The lowest BCUT2D eigenvalue weighted by atomic mass is 9.79. The summed E-state index contributed by atoms with van der Waals surface area (Å²) in [4.78, 5) is 16.2. The van der Waals surface area contributed by atoms with Crippen LogP contribution in [0.5, 0.6) is 0 Å². The van der Waals surface area contributed by atoms with Gasteiger partial charge in [-0.05, 0) is 49.8 Å². The zero-order valence-electron chi connectivity index (χ0n) is 17.3. The third kappa shape index (κ3) is 7.15. The van der Waals surface area contributed by atoms with Crippen molar-refractivity contribution in [2.45, 2.75) is 44.7 Å². The van der Waals surface area contributed by atoms with Gasteiger partial charge in [0.15, 0.2) is 0 Å². The predicted molar refractivity (Wildman–Crippen MR) is 109 cm³/mol. The third-order valence-electron chi connectivity index (χ3n) is 6.35. The molecule has 3 rings (SSSR count). The van der Waals surface area contributed by atoms with Crippen molar-refractivity contribution in [3.05, 3.63) is 30.1 Å². The molecule has 0 atom stereocenters. The molecule has 4 nitrogen and oxygen atoms in total. The minimum atomic E-state index is -4.35. The second-order valence-corrected chi connectivity index (χ2v) is 8.55. The van der Waals surface area contributed by atoms with Gasteiger partial charge in [-0.25, -0.2) is 4.39 Å². The zero-order valence-corrected chi connectivity index (χ0v) is 17.3. The maximum Gasteiger partial charge on any atom is 0.405 e. The Morgan fingerprint density at radius 1 is 1.00 bits per heavy atom. The fourth-order valence-electron chi connectivity index (χ4n) is 4.54. The molecule has 1 N–H and O–H groups in total. The van der Waals surface area contributed by atoms with E-state index in [0.29, 0.717) is 11.6 Å². The fraction of sp³-hybridized carbons (Fsp3) is 0.682. The standard InChI is InChI=1S/C22H31F4N3O/c23-19-3-1-2-4-20(19)29-13-11-28(12-14-29)10-9-17-5-7-18(8-6-17)15-21(30)27-16-22(24,25)26/h1-4,17-18H,5-16H2,(H,27,30). The normalized spacial score (nSPS) is 23.4. The Morgan fingerprint density at radius 2 is 1.63 bits per heavy atom. The number of nitrogens with zero attached hydrogens (tertiary/aromatic N) is 2. The summed E-state index contributed by atoms with van der Waals surface area (Å²) in [6.07, 6.45) is 0.830. The van der Waals surface area contributed by atoms with E-state index < -0.39 is 18.6 Å². The maximum atomic E-state index is 13.9. The fourth-order valence-corrected chi connectivity index (χ4v) is 4.54. The quantitative estimate of drug-likeness (QED) is 0.660. The van der Waals surface area contributed by atoms with Crippen LogP contribution in [-0.2, 0) is 4.79 Å². The summed E-state index contributed by atoms with van der Waals surface area (Å²) in [5.41, 5.74) is 0.676. The van der Waals surface area contributed by atoms with Crippen molar-refractivity contribution in [2.75, 3.05) is 44.2 Å². The number of alkyl halides is 3. The molecule has 1 aromatic carbocycles. The van der Waals surface area contributed by atoms with Gasteiger partial charge in [-0.3, -0.25) is 9.69 Å². The summed E-state index contributed by atoms with van der Waals surface area (Å²) < 4.78 is 50.5. The van der Waals surface area contributed by atoms with Gasteiger partial charge in [0, 0.05) is 32.6 Å². The first kappa shape index (κ1) is 22.8. The van der Waals surface area contributed by atoms with Gasteiger partial charge in [-0.1, -0.05) is 25.0 Å². The maximum absolute atomic E-state index is 13.9. The molecule has 8 heteroatoms. The number of nitrogens with one attached hydrogen (secondary N) is 1. The van der Waals surface area contributed by atoms with Gasteiger partial charge in [-0.15, -0.1) is 0 Å². The molecular formula is C22H31F4N3O. The molecule has 1 aromatic rings. The van der Waals surface area contributed by atoms with Gasteiger partial charge in [0.1, 0.15) is 12.4 Å². The van der Waals surface area contributed by atoms with Crippen LogP contribution in [0.3, 0.4) is 0 Å².